The molecular formula is C12H10BrN3. The van der Waals surface area contributed by atoms with E-state index in [1.807, 2.05) is 42.5 Å². The maximum absolute atomic E-state index is 4.14. The molecule has 80 valence electrons. The van der Waals surface area contributed by atoms with Crippen molar-refractivity contribution in [3.63, 3.8) is 0 Å². The van der Waals surface area contributed by atoms with E-state index in [-0.39, 0.29) is 0 Å². The van der Waals surface area contributed by atoms with Crippen LogP contribution < -0.4 is 5.43 Å². The van der Waals surface area contributed by atoms with Gasteiger partial charge in [0, 0.05) is 10.7 Å². The van der Waals surface area contributed by atoms with Crippen molar-refractivity contribution in [2.45, 2.75) is 0 Å². The summed E-state index contributed by atoms with van der Waals surface area (Å²) < 4.78 is 0.949. The van der Waals surface area contributed by atoms with E-state index >= 15 is 0 Å². The van der Waals surface area contributed by atoms with Crippen LogP contribution in [0, 0.1) is 0 Å². The predicted molar refractivity (Wildman–Crippen MR) is 69.6 cm³/mol. The molecule has 0 saturated carbocycles. The molecular weight excluding hydrogens is 266 g/mol. The van der Waals surface area contributed by atoms with Crippen LogP contribution in [0.15, 0.2) is 58.2 Å². The molecule has 0 atom stereocenters. The second-order valence-electron chi connectivity index (χ2n) is 3.14. The lowest BCUT2D eigenvalue weighted by Gasteiger charge is -1.98. The second-order valence-corrected chi connectivity index (χ2v) is 4.06. The Labute approximate surface area is 102 Å². The van der Waals surface area contributed by atoms with Crippen LogP contribution in [0.1, 0.15) is 5.56 Å². The number of benzene rings is 1. The summed E-state index contributed by atoms with van der Waals surface area (Å²) >= 11 is 3.32. The van der Waals surface area contributed by atoms with Crippen LogP contribution in [0.5, 0.6) is 0 Å². The number of hydrogen-bond donors (Lipinski definition) is 1. The van der Waals surface area contributed by atoms with E-state index in [1.54, 1.807) is 12.4 Å². The normalized spacial score (nSPS) is 10.6. The van der Waals surface area contributed by atoms with Crippen molar-refractivity contribution < 1.29 is 0 Å². The zero-order chi connectivity index (χ0) is 11.2. The van der Waals surface area contributed by atoms with Gasteiger partial charge < -0.3 is 0 Å². The molecule has 1 aromatic heterocycles. The van der Waals surface area contributed by atoms with Crippen molar-refractivity contribution in [2.24, 2.45) is 5.10 Å². The van der Waals surface area contributed by atoms with Gasteiger partial charge in [0.15, 0.2) is 0 Å². The topological polar surface area (TPSA) is 37.3 Å². The Morgan fingerprint density at radius 1 is 1.12 bits per heavy atom. The molecule has 2 aromatic rings. The van der Waals surface area contributed by atoms with E-state index in [4.69, 9.17) is 0 Å². The molecule has 0 radical (unpaired) electrons. The summed E-state index contributed by atoms with van der Waals surface area (Å²) in [6.45, 7) is 0. The number of nitrogens with zero attached hydrogens (tertiary/aromatic N) is 2. The van der Waals surface area contributed by atoms with Gasteiger partial charge in [0.1, 0.15) is 5.82 Å². The summed E-state index contributed by atoms with van der Waals surface area (Å²) in [5, 5.41) is 4.09. The standard InChI is InChI=1S/C12H10BrN3/c13-11-6-7-12(14-9-11)16-15-8-10-4-2-1-3-5-10/h1-9H,(H,14,16)/b15-8-. The molecule has 4 heteroatoms. The van der Waals surface area contributed by atoms with Crippen molar-refractivity contribution in [2.75, 3.05) is 5.43 Å². The van der Waals surface area contributed by atoms with E-state index < -0.39 is 0 Å². The highest BCUT2D eigenvalue weighted by atomic mass is 79.9. The highest BCUT2D eigenvalue weighted by Gasteiger charge is 1.90. The first-order chi connectivity index (χ1) is 7.84. The predicted octanol–water partition coefficient (Wildman–Crippen LogP) is 3.29. The second kappa shape index (κ2) is 5.42. The summed E-state index contributed by atoms with van der Waals surface area (Å²) in [7, 11) is 0. The molecule has 0 fully saturated rings. The van der Waals surface area contributed by atoms with Crippen LogP contribution in [0.4, 0.5) is 5.82 Å². The van der Waals surface area contributed by atoms with Crippen molar-refractivity contribution in [3.8, 4) is 0 Å². The molecule has 2 rings (SSSR count). The fourth-order valence-electron chi connectivity index (χ4n) is 1.15. The summed E-state index contributed by atoms with van der Waals surface area (Å²) in [6.07, 6.45) is 3.48. The quantitative estimate of drug-likeness (QED) is 0.690. The summed E-state index contributed by atoms with van der Waals surface area (Å²) in [4.78, 5) is 4.14. The third-order valence-corrected chi connectivity index (χ3v) is 2.39. The fraction of sp³-hybridized carbons (Fsp3) is 0. The Balaban J connectivity index is 1.97. The number of anilines is 1. The average molecular weight is 276 g/mol. The van der Waals surface area contributed by atoms with E-state index in [1.165, 1.54) is 0 Å². The Bertz CT molecular complexity index is 465. The number of nitrogens with one attached hydrogen (secondary N) is 1. The number of hydrazone groups is 1. The minimum atomic E-state index is 0.718. The molecule has 0 amide bonds. The van der Waals surface area contributed by atoms with Crippen LogP contribution in [0.25, 0.3) is 0 Å². The van der Waals surface area contributed by atoms with Crippen LogP contribution in [0.2, 0.25) is 0 Å². The Kier molecular flexibility index (Phi) is 3.66. The molecule has 16 heavy (non-hydrogen) atoms. The lowest BCUT2D eigenvalue weighted by molar-refractivity contribution is 1.22. The number of halogens is 1. The molecule has 1 aromatic carbocycles. The fourth-order valence-corrected chi connectivity index (χ4v) is 1.39. The van der Waals surface area contributed by atoms with Crippen LogP contribution >= 0.6 is 15.9 Å². The number of pyridine rings is 1. The van der Waals surface area contributed by atoms with Gasteiger partial charge in [0.2, 0.25) is 0 Å². The molecule has 3 nitrogen and oxygen atoms in total. The molecule has 1 heterocycles. The minimum Gasteiger partial charge on any atom is -0.261 e. The number of hydrogen-bond acceptors (Lipinski definition) is 3. The van der Waals surface area contributed by atoms with Crippen LogP contribution in [-0.4, -0.2) is 11.2 Å². The van der Waals surface area contributed by atoms with Gasteiger partial charge in [0.05, 0.1) is 6.21 Å². The maximum Gasteiger partial charge on any atom is 0.146 e. The van der Waals surface area contributed by atoms with Gasteiger partial charge in [-0.3, -0.25) is 5.43 Å². The summed E-state index contributed by atoms with van der Waals surface area (Å²) in [5.74, 6) is 0.718. The zero-order valence-electron chi connectivity index (χ0n) is 8.47. The van der Waals surface area contributed by atoms with E-state index in [0.29, 0.717) is 0 Å². The Hall–Kier alpha value is -1.68. The third kappa shape index (κ3) is 3.17. The Morgan fingerprint density at radius 2 is 1.94 bits per heavy atom. The van der Waals surface area contributed by atoms with Gasteiger partial charge in [0.25, 0.3) is 0 Å². The van der Waals surface area contributed by atoms with Crippen molar-refractivity contribution in [1.82, 2.24) is 4.98 Å². The average Bonchev–Trinajstić information content (AvgIpc) is 2.33. The highest BCUT2D eigenvalue weighted by Crippen LogP contribution is 2.10. The molecule has 0 unspecified atom stereocenters. The van der Waals surface area contributed by atoms with E-state index in [0.717, 1.165) is 15.9 Å². The maximum atomic E-state index is 4.14. The van der Waals surface area contributed by atoms with Crippen LogP contribution in [0.3, 0.4) is 0 Å². The van der Waals surface area contributed by atoms with Crippen molar-refractivity contribution in [1.29, 1.82) is 0 Å². The number of rotatable bonds is 3. The van der Waals surface area contributed by atoms with Gasteiger partial charge in [-0.2, -0.15) is 5.10 Å². The smallest absolute Gasteiger partial charge is 0.146 e. The monoisotopic (exact) mass is 275 g/mol. The van der Waals surface area contributed by atoms with Gasteiger partial charge in [-0.05, 0) is 33.6 Å². The molecule has 0 aliphatic rings. The summed E-state index contributed by atoms with van der Waals surface area (Å²) in [6, 6.07) is 13.7. The van der Waals surface area contributed by atoms with Gasteiger partial charge in [-0.25, -0.2) is 4.98 Å². The van der Waals surface area contributed by atoms with Crippen LogP contribution in [-0.2, 0) is 0 Å². The molecule has 0 aliphatic heterocycles. The number of aromatic nitrogens is 1. The van der Waals surface area contributed by atoms with E-state index in [2.05, 4.69) is 31.4 Å². The largest absolute Gasteiger partial charge is 0.261 e. The Morgan fingerprint density at radius 3 is 2.62 bits per heavy atom. The first-order valence-electron chi connectivity index (χ1n) is 4.80. The van der Waals surface area contributed by atoms with E-state index in [9.17, 15) is 0 Å². The van der Waals surface area contributed by atoms with Gasteiger partial charge in [-0.15, -0.1) is 0 Å². The zero-order valence-corrected chi connectivity index (χ0v) is 10.1. The van der Waals surface area contributed by atoms with Gasteiger partial charge >= 0.3 is 0 Å². The molecule has 0 saturated heterocycles. The van der Waals surface area contributed by atoms with Gasteiger partial charge in [-0.1, -0.05) is 30.3 Å². The third-order valence-electron chi connectivity index (χ3n) is 1.92. The SMILES string of the molecule is Brc1ccc(N/N=C\c2ccccc2)nc1. The first kappa shape index (κ1) is 10.8. The van der Waals surface area contributed by atoms with Crippen molar-refractivity contribution in [3.05, 3.63) is 58.7 Å². The molecule has 0 spiro atoms. The molecule has 0 aliphatic carbocycles. The highest BCUT2D eigenvalue weighted by molar-refractivity contribution is 9.10. The lowest BCUT2D eigenvalue weighted by atomic mass is 10.2. The lowest BCUT2D eigenvalue weighted by Crippen LogP contribution is -1.92. The minimum absolute atomic E-state index is 0.718. The van der Waals surface area contributed by atoms with Crippen molar-refractivity contribution >= 4 is 28.0 Å². The molecule has 0 bridgehead atoms. The summed E-state index contributed by atoms with van der Waals surface area (Å²) in [5.41, 5.74) is 3.91. The first-order valence-corrected chi connectivity index (χ1v) is 5.59. The molecule has 1 N–H and O–H groups in total.